The van der Waals surface area contributed by atoms with Crippen molar-refractivity contribution >= 4 is 29.6 Å². The SMILES string of the molecule is COc1cc(C=C2C(=O)N(C)C(=O)N(C)C2=O)cc([N+](=O)[O-])c1O. The van der Waals surface area contributed by atoms with E-state index in [1.54, 1.807) is 0 Å². The van der Waals surface area contributed by atoms with E-state index in [0.29, 0.717) is 0 Å². The second-order valence-corrected chi connectivity index (χ2v) is 4.92. The molecular formula is C14H13N3O7. The lowest BCUT2D eigenvalue weighted by Crippen LogP contribution is -2.52. The highest BCUT2D eigenvalue weighted by Crippen LogP contribution is 2.37. The van der Waals surface area contributed by atoms with Gasteiger partial charge in [-0.2, -0.15) is 0 Å². The Hall–Kier alpha value is -3.43. The molecule has 1 heterocycles. The standard InChI is InChI=1S/C14H13N3O7/c1-15-12(19)8(13(20)16(2)14(15)21)4-7-5-9(17(22)23)11(18)10(6-7)24-3/h4-6,18H,1-3H3. The first-order chi connectivity index (χ1) is 11.2. The third kappa shape index (κ3) is 2.64. The molecule has 1 saturated heterocycles. The van der Waals surface area contributed by atoms with E-state index in [9.17, 15) is 29.6 Å². The van der Waals surface area contributed by atoms with Gasteiger partial charge in [-0.05, 0) is 17.7 Å². The Balaban J connectivity index is 2.60. The van der Waals surface area contributed by atoms with Crippen LogP contribution in [0.25, 0.3) is 6.08 Å². The molecule has 10 nitrogen and oxygen atoms in total. The number of urea groups is 1. The topological polar surface area (TPSA) is 130 Å². The molecule has 1 fully saturated rings. The second kappa shape index (κ2) is 5.99. The highest BCUT2D eigenvalue weighted by molar-refractivity contribution is 6.30. The molecule has 0 bridgehead atoms. The fraction of sp³-hybridized carbons (Fsp3) is 0.214. The summed E-state index contributed by atoms with van der Waals surface area (Å²) >= 11 is 0. The molecule has 1 aliphatic heterocycles. The summed E-state index contributed by atoms with van der Waals surface area (Å²) in [6.07, 6.45) is 1.10. The fourth-order valence-electron chi connectivity index (χ4n) is 2.13. The van der Waals surface area contributed by atoms with Crippen LogP contribution in [0.3, 0.4) is 0 Å². The third-order valence-corrected chi connectivity index (χ3v) is 3.45. The van der Waals surface area contributed by atoms with Crippen molar-refractivity contribution in [3.63, 3.8) is 0 Å². The first kappa shape index (κ1) is 16.9. The Labute approximate surface area is 135 Å². The molecule has 0 aromatic heterocycles. The molecule has 1 N–H and O–H groups in total. The van der Waals surface area contributed by atoms with E-state index in [0.717, 1.165) is 21.9 Å². The normalized spacial score (nSPS) is 15.0. The van der Waals surface area contributed by atoms with Crippen LogP contribution in [-0.2, 0) is 9.59 Å². The lowest BCUT2D eigenvalue weighted by atomic mass is 10.1. The van der Waals surface area contributed by atoms with Gasteiger partial charge < -0.3 is 9.84 Å². The molecule has 10 heteroatoms. The van der Waals surface area contributed by atoms with Crippen molar-refractivity contribution in [1.29, 1.82) is 0 Å². The number of phenols is 1. The summed E-state index contributed by atoms with van der Waals surface area (Å²) in [5.74, 6) is -2.53. The molecule has 1 aliphatic rings. The number of carbonyl (C=O) groups is 3. The number of barbiturate groups is 1. The maximum Gasteiger partial charge on any atom is 0.333 e. The molecule has 4 amide bonds. The summed E-state index contributed by atoms with van der Waals surface area (Å²) in [5, 5.41) is 20.7. The maximum atomic E-state index is 12.1. The van der Waals surface area contributed by atoms with E-state index in [2.05, 4.69) is 0 Å². The second-order valence-electron chi connectivity index (χ2n) is 4.92. The van der Waals surface area contributed by atoms with Crippen LogP contribution in [0.2, 0.25) is 0 Å². The van der Waals surface area contributed by atoms with Crippen molar-refractivity contribution in [1.82, 2.24) is 9.80 Å². The molecule has 0 radical (unpaired) electrons. The van der Waals surface area contributed by atoms with E-state index < -0.39 is 34.2 Å². The molecule has 24 heavy (non-hydrogen) atoms. The zero-order chi connectivity index (χ0) is 18.2. The summed E-state index contributed by atoms with van der Waals surface area (Å²) in [6.45, 7) is 0. The minimum absolute atomic E-state index is 0.0872. The Morgan fingerprint density at radius 3 is 2.17 bits per heavy atom. The predicted octanol–water partition coefficient (Wildman–Crippen LogP) is 0.743. The molecule has 0 saturated carbocycles. The fourth-order valence-corrected chi connectivity index (χ4v) is 2.13. The monoisotopic (exact) mass is 335 g/mol. The number of carbonyl (C=O) groups excluding carboxylic acids is 3. The largest absolute Gasteiger partial charge is 0.500 e. The smallest absolute Gasteiger partial charge is 0.333 e. The summed E-state index contributed by atoms with van der Waals surface area (Å²) in [6, 6.07) is 1.44. The van der Waals surface area contributed by atoms with Gasteiger partial charge >= 0.3 is 11.7 Å². The Morgan fingerprint density at radius 1 is 1.17 bits per heavy atom. The van der Waals surface area contributed by atoms with E-state index in [4.69, 9.17) is 4.74 Å². The molecular weight excluding hydrogens is 322 g/mol. The van der Waals surface area contributed by atoms with Crippen molar-refractivity contribution < 1.29 is 29.2 Å². The molecule has 0 atom stereocenters. The van der Waals surface area contributed by atoms with Gasteiger partial charge in [0.1, 0.15) is 5.57 Å². The molecule has 2 rings (SSSR count). The first-order valence-corrected chi connectivity index (χ1v) is 6.56. The van der Waals surface area contributed by atoms with Crippen LogP contribution < -0.4 is 4.74 Å². The van der Waals surface area contributed by atoms with Crippen molar-refractivity contribution in [3.05, 3.63) is 33.4 Å². The van der Waals surface area contributed by atoms with Gasteiger partial charge in [-0.15, -0.1) is 0 Å². The number of ether oxygens (including phenoxy) is 1. The van der Waals surface area contributed by atoms with Gasteiger partial charge in [0.15, 0.2) is 5.75 Å². The maximum absolute atomic E-state index is 12.1. The molecule has 0 aliphatic carbocycles. The molecule has 1 aromatic rings. The summed E-state index contributed by atoms with van der Waals surface area (Å²) in [4.78, 5) is 47.6. The number of nitrogens with zero attached hydrogens (tertiary/aromatic N) is 3. The lowest BCUT2D eigenvalue weighted by Gasteiger charge is -2.28. The number of rotatable bonds is 3. The number of nitro groups is 1. The number of likely N-dealkylation sites (N-methyl/N-ethyl adjacent to an activating group) is 2. The Morgan fingerprint density at radius 2 is 1.71 bits per heavy atom. The predicted molar refractivity (Wildman–Crippen MR) is 80.2 cm³/mol. The van der Waals surface area contributed by atoms with Crippen molar-refractivity contribution in [2.75, 3.05) is 21.2 Å². The van der Waals surface area contributed by atoms with Gasteiger partial charge in [-0.1, -0.05) is 0 Å². The number of nitro benzene ring substituents is 1. The average Bonchev–Trinajstić information content (AvgIpc) is 2.56. The molecule has 0 spiro atoms. The van der Waals surface area contributed by atoms with Gasteiger partial charge in [-0.3, -0.25) is 29.5 Å². The number of imide groups is 2. The van der Waals surface area contributed by atoms with Crippen LogP contribution >= 0.6 is 0 Å². The zero-order valence-electron chi connectivity index (χ0n) is 13.0. The van der Waals surface area contributed by atoms with Gasteiger partial charge in [0.25, 0.3) is 11.8 Å². The third-order valence-electron chi connectivity index (χ3n) is 3.45. The number of methoxy groups -OCH3 is 1. The van der Waals surface area contributed by atoms with E-state index in [1.165, 1.54) is 27.3 Å². The lowest BCUT2D eigenvalue weighted by molar-refractivity contribution is -0.386. The van der Waals surface area contributed by atoms with Crippen LogP contribution in [0.1, 0.15) is 5.56 Å². The average molecular weight is 335 g/mol. The van der Waals surface area contributed by atoms with Crippen LogP contribution in [0.5, 0.6) is 11.5 Å². The minimum atomic E-state index is -0.835. The van der Waals surface area contributed by atoms with E-state index >= 15 is 0 Å². The Kier molecular flexibility index (Phi) is 4.22. The van der Waals surface area contributed by atoms with Crippen LogP contribution in [0.4, 0.5) is 10.5 Å². The minimum Gasteiger partial charge on any atom is -0.500 e. The molecule has 1 aromatic carbocycles. The van der Waals surface area contributed by atoms with Gasteiger partial charge in [0.05, 0.1) is 12.0 Å². The number of hydrogen-bond acceptors (Lipinski definition) is 7. The van der Waals surface area contributed by atoms with Gasteiger partial charge in [0, 0.05) is 20.2 Å². The number of hydrogen-bond donors (Lipinski definition) is 1. The Bertz CT molecular complexity index is 774. The summed E-state index contributed by atoms with van der Waals surface area (Å²) in [5.41, 5.74) is -0.902. The van der Waals surface area contributed by atoms with E-state index in [1.807, 2.05) is 0 Å². The van der Waals surface area contributed by atoms with Crippen LogP contribution in [-0.4, -0.2) is 58.9 Å². The van der Waals surface area contributed by atoms with Gasteiger partial charge in [0.2, 0.25) is 5.75 Å². The first-order valence-electron chi connectivity index (χ1n) is 6.56. The van der Waals surface area contributed by atoms with Crippen LogP contribution in [0, 0.1) is 10.1 Å². The zero-order valence-corrected chi connectivity index (χ0v) is 13.0. The van der Waals surface area contributed by atoms with Gasteiger partial charge in [-0.25, -0.2) is 4.79 Å². The molecule has 126 valence electrons. The number of phenolic OH excluding ortho intramolecular Hbond substituents is 1. The quantitative estimate of drug-likeness (QED) is 0.373. The molecule has 0 unspecified atom stereocenters. The van der Waals surface area contributed by atoms with Crippen molar-refractivity contribution in [2.45, 2.75) is 0 Å². The summed E-state index contributed by atoms with van der Waals surface area (Å²) < 4.78 is 4.85. The summed E-state index contributed by atoms with van der Waals surface area (Å²) in [7, 11) is 3.62. The number of aromatic hydroxyl groups is 1. The van der Waals surface area contributed by atoms with E-state index in [-0.39, 0.29) is 16.9 Å². The number of amides is 4. The highest BCUT2D eigenvalue weighted by Gasteiger charge is 2.38. The van der Waals surface area contributed by atoms with Crippen LogP contribution in [0.15, 0.2) is 17.7 Å². The van der Waals surface area contributed by atoms with Crippen molar-refractivity contribution in [2.24, 2.45) is 0 Å². The van der Waals surface area contributed by atoms with Crippen molar-refractivity contribution in [3.8, 4) is 11.5 Å². The highest BCUT2D eigenvalue weighted by atomic mass is 16.6. The number of benzene rings is 1.